The molecule has 15 heavy (non-hydrogen) atoms. The highest BCUT2D eigenvalue weighted by atomic mass is 35.5. The molecule has 3 nitrogen and oxygen atoms in total. The van der Waals surface area contributed by atoms with Gasteiger partial charge in [0.25, 0.3) is 0 Å². The zero-order valence-electron chi connectivity index (χ0n) is 7.90. The number of nitrogens with zero attached hydrogens (tertiary/aromatic N) is 1. The van der Waals surface area contributed by atoms with Crippen LogP contribution in [0, 0.1) is 0 Å². The lowest BCUT2D eigenvalue weighted by atomic mass is 10.1. The number of halogens is 1. The van der Waals surface area contributed by atoms with Gasteiger partial charge < -0.3 is 5.73 Å². The maximum atomic E-state index is 10.9. The second-order valence-electron chi connectivity index (χ2n) is 3.26. The van der Waals surface area contributed by atoms with Crippen molar-refractivity contribution in [1.82, 2.24) is 4.98 Å². The van der Waals surface area contributed by atoms with Gasteiger partial charge in [0.15, 0.2) is 0 Å². The molecular formula is C11H9ClN2O. The first kappa shape index (κ1) is 9.93. The highest BCUT2D eigenvalue weighted by Crippen LogP contribution is 2.20. The van der Waals surface area contributed by atoms with Crippen LogP contribution in [0.3, 0.4) is 0 Å². The van der Waals surface area contributed by atoms with E-state index in [0.717, 1.165) is 10.8 Å². The molecule has 0 saturated carbocycles. The lowest BCUT2D eigenvalue weighted by molar-refractivity contribution is -0.117. The summed E-state index contributed by atoms with van der Waals surface area (Å²) in [4.78, 5) is 15.0. The second-order valence-corrected chi connectivity index (χ2v) is 3.64. The molecule has 0 aliphatic heterocycles. The first-order valence-electron chi connectivity index (χ1n) is 4.49. The van der Waals surface area contributed by atoms with Crippen LogP contribution < -0.4 is 5.73 Å². The maximum absolute atomic E-state index is 10.9. The predicted molar refractivity (Wildman–Crippen MR) is 59.7 cm³/mol. The molecule has 1 heterocycles. The molecule has 0 saturated heterocycles. The molecular weight excluding hydrogens is 212 g/mol. The van der Waals surface area contributed by atoms with E-state index in [1.165, 1.54) is 0 Å². The molecule has 0 atom stereocenters. The summed E-state index contributed by atoms with van der Waals surface area (Å²) in [6.07, 6.45) is 0.112. The summed E-state index contributed by atoms with van der Waals surface area (Å²) in [5, 5.41) is 2.26. The van der Waals surface area contributed by atoms with Crippen molar-refractivity contribution < 1.29 is 4.79 Å². The van der Waals surface area contributed by atoms with E-state index in [2.05, 4.69) is 4.98 Å². The van der Waals surface area contributed by atoms with Crippen LogP contribution in [0.2, 0.25) is 5.15 Å². The molecule has 1 aromatic heterocycles. The van der Waals surface area contributed by atoms with E-state index in [1.807, 2.05) is 24.3 Å². The number of hydrogen-bond donors (Lipinski definition) is 1. The average molecular weight is 221 g/mol. The number of amides is 1. The molecule has 2 N–H and O–H groups in total. The fraction of sp³-hybridized carbons (Fsp3) is 0.0909. The molecule has 1 aromatic carbocycles. The molecule has 0 radical (unpaired) electrons. The van der Waals surface area contributed by atoms with Gasteiger partial charge in [0.1, 0.15) is 5.15 Å². The SMILES string of the molecule is NC(=O)Cc1nc(Cl)cc2ccccc12. The van der Waals surface area contributed by atoms with Gasteiger partial charge in [0.2, 0.25) is 5.91 Å². The van der Waals surface area contributed by atoms with Crippen LogP contribution in [0.4, 0.5) is 0 Å². The van der Waals surface area contributed by atoms with E-state index >= 15 is 0 Å². The Balaban J connectivity index is 2.65. The van der Waals surface area contributed by atoms with Gasteiger partial charge >= 0.3 is 0 Å². The number of pyridine rings is 1. The summed E-state index contributed by atoms with van der Waals surface area (Å²) >= 11 is 5.84. The summed E-state index contributed by atoms with van der Waals surface area (Å²) in [5.41, 5.74) is 5.77. The molecule has 0 aliphatic rings. The first-order chi connectivity index (χ1) is 7.16. The van der Waals surface area contributed by atoms with Gasteiger partial charge in [-0.3, -0.25) is 4.79 Å². The minimum absolute atomic E-state index is 0.112. The van der Waals surface area contributed by atoms with E-state index in [-0.39, 0.29) is 6.42 Å². The van der Waals surface area contributed by atoms with E-state index in [4.69, 9.17) is 17.3 Å². The van der Waals surface area contributed by atoms with Crippen molar-refractivity contribution in [2.75, 3.05) is 0 Å². The van der Waals surface area contributed by atoms with Crippen molar-refractivity contribution >= 4 is 28.3 Å². The standard InChI is InChI=1S/C11H9ClN2O/c12-10-5-7-3-1-2-4-8(7)9(14-10)6-11(13)15/h1-5H,6H2,(H2,13,15). The third-order valence-electron chi connectivity index (χ3n) is 2.13. The zero-order valence-corrected chi connectivity index (χ0v) is 8.66. The summed E-state index contributed by atoms with van der Waals surface area (Å²) in [5.74, 6) is -0.407. The van der Waals surface area contributed by atoms with E-state index < -0.39 is 5.91 Å². The largest absolute Gasteiger partial charge is 0.369 e. The highest BCUT2D eigenvalue weighted by Gasteiger charge is 2.07. The van der Waals surface area contributed by atoms with Crippen LogP contribution in [0.5, 0.6) is 0 Å². The Labute approximate surface area is 91.9 Å². The number of hydrogen-bond acceptors (Lipinski definition) is 2. The predicted octanol–water partition coefficient (Wildman–Crippen LogP) is 1.92. The molecule has 4 heteroatoms. The second kappa shape index (κ2) is 3.87. The number of primary amides is 1. The van der Waals surface area contributed by atoms with Crippen molar-refractivity contribution in [3.05, 3.63) is 41.2 Å². The number of benzene rings is 1. The van der Waals surface area contributed by atoms with Crippen LogP contribution in [0.15, 0.2) is 30.3 Å². The Morgan fingerprint density at radius 1 is 1.40 bits per heavy atom. The third kappa shape index (κ3) is 2.07. The molecule has 0 spiro atoms. The van der Waals surface area contributed by atoms with E-state index in [9.17, 15) is 4.79 Å². The molecule has 0 unspecified atom stereocenters. The Morgan fingerprint density at radius 3 is 2.87 bits per heavy atom. The van der Waals surface area contributed by atoms with Crippen LogP contribution >= 0.6 is 11.6 Å². The molecule has 2 rings (SSSR count). The Kier molecular flexibility index (Phi) is 2.56. The average Bonchev–Trinajstić information content (AvgIpc) is 2.16. The number of rotatable bonds is 2. The number of fused-ring (bicyclic) bond motifs is 1. The molecule has 1 amide bonds. The van der Waals surface area contributed by atoms with Gasteiger partial charge in [-0.15, -0.1) is 0 Å². The maximum Gasteiger partial charge on any atom is 0.223 e. The van der Waals surface area contributed by atoms with Gasteiger partial charge in [0.05, 0.1) is 12.1 Å². The lowest BCUT2D eigenvalue weighted by Gasteiger charge is -2.04. The topological polar surface area (TPSA) is 56.0 Å². The van der Waals surface area contributed by atoms with Gasteiger partial charge in [-0.1, -0.05) is 35.9 Å². The summed E-state index contributed by atoms with van der Waals surface area (Å²) < 4.78 is 0. The normalized spacial score (nSPS) is 10.5. The smallest absolute Gasteiger partial charge is 0.223 e. The van der Waals surface area contributed by atoms with Crippen molar-refractivity contribution in [3.63, 3.8) is 0 Å². The minimum atomic E-state index is -0.407. The fourth-order valence-electron chi connectivity index (χ4n) is 1.54. The number of nitrogens with two attached hydrogens (primary N) is 1. The number of carbonyl (C=O) groups excluding carboxylic acids is 1. The highest BCUT2D eigenvalue weighted by molar-refractivity contribution is 6.30. The van der Waals surface area contributed by atoms with Crippen LogP contribution in [-0.4, -0.2) is 10.9 Å². The summed E-state index contributed by atoms with van der Waals surface area (Å²) in [6.45, 7) is 0. The summed E-state index contributed by atoms with van der Waals surface area (Å²) in [7, 11) is 0. The van der Waals surface area contributed by atoms with Gasteiger partial charge in [0, 0.05) is 5.39 Å². The van der Waals surface area contributed by atoms with Gasteiger partial charge in [-0.2, -0.15) is 0 Å². The van der Waals surface area contributed by atoms with Crippen molar-refractivity contribution in [1.29, 1.82) is 0 Å². The fourth-order valence-corrected chi connectivity index (χ4v) is 1.75. The minimum Gasteiger partial charge on any atom is -0.369 e. The van der Waals surface area contributed by atoms with Gasteiger partial charge in [-0.05, 0) is 11.5 Å². The van der Waals surface area contributed by atoms with Crippen LogP contribution in [0.1, 0.15) is 5.69 Å². The molecule has 0 bridgehead atoms. The van der Waals surface area contributed by atoms with E-state index in [0.29, 0.717) is 10.8 Å². The lowest BCUT2D eigenvalue weighted by Crippen LogP contribution is -2.14. The Morgan fingerprint density at radius 2 is 2.13 bits per heavy atom. The van der Waals surface area contributed by atoms with Crippen molar-refractivity contribution in [2.45, 2.75) is 6.42 Å². The number of carbonyl (C=O) groups is 1. The summed E-state index contributed by atoms with van der Waals surface area (Å²) in [6, 6.07) is 9.39. The zero-order chi connectivity index (χ0) is 10.8. The van der Waals surface area contributed by atoms with Crippen LogP contribution in [-0.2, 0) is 11.2 Å². The van der Waals surface area contributed by atoms with Gasteiger partial charge in [-0.25, -0.2) is 4.98 Å². The van der Waals surface area contributed by atoms with Crippen molar-refractivity contribution in [2.24, 2.45) is 5.73 Å². The Hall–Kier alpha value is -1.61. The Bertz CT molecular complexity index is 525. The molecule has 0 aliphatic carbocycles. The molecule has 2 aromatic rings. The third-order valence-corrected chi connectivity index (χ3v) is 2.32. The first-order valence-corrected chi connectivity index (χ1v) is 4.87. The number of aromatic nitrogens is 1. The van der Waals surface area contributed by atoms with E-state index in [1.54, 1.807) is 6.07 Å². The monoisotopic (exact) mass is 220 g/mol. The van der Waals surface area contributed by atoms with Crippen molar-refractivity contribution in [3.8, 4) is 0 Å². The van der Waals surface area contributed by atoms with Crippen LogP contribution in [0.25, 0.3) is 10.8 Å². The molecule has 0 fully saturated rings. The molecule has 76 valence electrons. The quantitative estimate of drug-likeness (QED) is 0.787.